The molecule has 1 unspecified atom stereocenters. The highest BCUT2D eigenvalue weighted by Crippen LogP contribution is 2.22. The van der Waals surface area contributed by atoms with Crippen molar-refractivity contribution >= 4 is 0 Å². The van der Waals surface area contributed by atoms with Crippen LogP contribution in [0.4, 0.5) is 0 Å². The number of nitrogens with zero attached hydrogens (tertiary/aromatic N) is 2. The number of ether oxygens (including phenoxy) is 1. The summed E-state index contributed by atoms with van der Waals surface area (Å²) >= 11 is 0. The first-order valence-electron chi connectivity index (χ1n) is 7.02. The van der Waals surface area contributed by atoms with E-state index in [0.717, 1.165) is 34.7 Å². The standard InChI is InChI=1S/C16H23N3O/c1-5-14-9-15(19(4)18-14)10-20-16-7-6-13(12(3)17)8-11(16)2/h6-9,12H,5,10,17H2,1-4H3. The second kappa shape index (κ2) is 6.09. The smallest absolute Gasteiger partial charge is 0.130 e. The maximum absolute atomic E-state index is 5.89. The molecule has 0 amide bonds. The van der Waals surface area contributed by atoms with Gasteiger partial charge in [0.15, 0.2) is 0 Å². The van der Waals surface area contributed by atoms with E-state index in [1.54, 1.807) is 0 Å². The minimum Gasteiger partial charge on any atom is -0.487 e. The number of aryl methyl sites for hydroxylation is 3. The van der Waals surface area contributed by atoms with E-state index in [4.69, 9.17) is 10.5 Å². The largest absolute Gasteiger partial charge is 0.487 e. The van der Waals surface area contributed by atoms with Crippen LogP contribution in [-0.4, -0.2) is 9.78 Å². The topological polar surface area (TPSA) is 53.1 Å². The van der Waals surface area contributed by atoms with Gasteiger partial charge in [0.2, 0.25) is 0 Å². The zero-order chi connectivity index (χ0) is 14.7. The van der Waals surface area contributed by atoms with Crippen LogP contribution in [0.2, 0.25) is 0 Å². The van der Waals surface area contributed by atoms with Gasteiger partial charge in [-0.3, -0.25) is 4.68 Å². The molecule has 2 N–H and O–H groups in total. The van der Waals surface area contributed by atoms with Crippen LogP contribution in [0, 0.1) is 6.92 Å². The SMILES string of the molecule is CCc1cc(COc2ccc(C(C)N)cc2C)n(C)n1. The number of aromatic nitrogens is 2. The fourth-order valence-corrected chi connectivity index (χ4v) is 2.15. The van der Waals surface area contributed by atoms with E-state index >= 15 is 0 Å². The summed E-state index contributed by atoms with van der Waals surface area (Å²) in [5, 5.41) is 4.42. The maximum Gasteiger partial charge on any atom is 0.130 e. The van der Waals surface area contributed by atoms with Crippen LogP contribution >= 0.6 is 0 Å². The monoisotopic (exact) mass is 273 g/mol. The van der Waals surface area contributed by atoms with Crippen molar-refractivity contribution in [3.8, 4) is 5.75 Å². The van der Waals surface area contributed by atoms with E-state index in [9.17, 15) is 0 Å². The van der Waals surface area contributed by atoms with Crippen molar-refractivity contribution in [2.75, 3.05) is 0 Å². The quantitative estimate of drug-likeness (QED) is 0.911. The van der Waals surface area contributed by atoms with Gasteiger partial charge in [0.05, 0.1) is 11.4 Å². The second-order valence-corrected chi connectivity index (χ2v) is 5.21. The molecule has 20 heavy (non-hydrogen) atoms. The van der Waals surface area contributed by atoms with E-state index in [1.807, 2.05) is 37.7 Å². The summed E-state index contributed by atoms with van der Waals surface area (Å²) in [5.74, 6) is 0.897. The molecule has 0 aliphatic carbocycles. The average molecular weight is 273 g/mol. The predicted octanol–water partition coefficient (Wildman–Crippen LogP) is 2.89. The van der Waals surface area contributed by atoms with Crippen LogP contribution in [0.25, 0.3) is 0 Å². The lowest BCUT2D eigenvalue weighted by atomic mass is 10.1. The molecule has 0 fully saturated rings. The first kappa shape index (κ1) is 14.6. The van der Waals surface area contributed by atoms with Crippen molar-refractivity contribution in [2.24, 2.45) is 12.8 Å². The Labute approximate surface area is 120 Å². The average Bonchev–Trinajstić information content (AvgIpc) is 2.78. The third-order valence-corrected chi connectivity index (χ3v) is 3.49. The highest BCUT2D eigenvalue weighted by molar-refractivity contribution is 5.37. The van der Waals surface area contributed by atoms with E-state index in [1.165, 1.54) is 0 Å². The molecule has 0 radical (unpaired) electrons. The molecule has 1 atom stereocenters. The lowest BCUT2D eigenvalue weighted by molar-refractivity contribution is 0.293. The zero-order valence-corrected chi connectivity index (χ0v) is 12.7. The zero-order valence-electron chi connectivity index (χ0n) is 12.7. The Morgan fingerprint density at radius 2 is 2.10 bits per heavy atom. The van der Waals surface area contributed by atoms with Crippen molar-refractivity contribution in [2.45, 2.75) is 39.8 Å². The van der Waals surface area contributed by atoms with Gasteiger partial charge in [-0.05, 0) is 43.5 Å². The van der Waals surface area contributed by atoms with Crippen LogP contribution in [0.3, 0.4) is 0 Å². The molecule has 1 aromatic heterocycles. The molecule has 2 aromatic rings. The Balaban J connectivity index is 2.08. The molecular weight excluding hydrogens is 250 g/mol. The molecule has 0 aliphatic rings. The predicted molar refractivity (Wildman–Crippen MR) is 80.7 cm³/mol. The molecule has 0 saturated carbocycles. The van der Waals surface area contributed by atoms with Gasteiger partial charge in [0, 0.05) is 13.1 Å². The van der Waals surface area contributed by atoms with Crippen molar-refractivity contribution in [3.05, 3.63) is 46.8 Å². The first-order valence-corrected chi connectivity index (χ1v) is 7.02. The summed E-state index contributed by atoms with van der Waals surface area (Å²) in [4.78, 5) is 0. The second-order valence-electron chi connectivity index (χ2n) is 5.21. The van der Waals surface area contributed by atoms with Crippen molar-refractivity contribution < 1.29 is 4.74 Å². The fourth-order valence-electron chi connectivity index (χ4n) is 2.15. The number of benzene rings is 1. The Bertz CT molecular complexity index is 587. The summed E-state index contributed by atoms with van der Waals surface area (Å²) in [6.07, 6.45) is 0.940. The van der Waals surface area contributed by atoms with Crippen LogP contribution < -0.4 is 10.5 Å². The lowest BCUT2D eigenvalue weighted by Gasteiger charge is -2.12. The molecule has 4 nitrogen and oxygen atoms in total. The number of rotatable bonds is 5. The van der Waals surface area contributed by atoms with Crippen molar-refractivity contribution in [3.63, 3.8) is 0 Å². The highest BCUT2D eigenvalue weighted by atomic mass is 16.5. The molecule has 1 heterocycles. The van der Waals surface area contributed by atoms with E-state index in [0.29, 0.717) is 6.61 Å². The van der Waals surface area contributed by atoms with Crippen LogP contribution in [0.5, 0.6) is 5.75 Å². The van der Waals surface area contributed by atoms with Gasteiger partial charge in [-0.1, -0.05) is 19.1 Å². The molecule has 108 valence electrons. The minimum absolute atomic E-state index is 0.0481. The summed E-state index contributed by atoms with van der Waals surface area (Å²) in [6, 6.07) is 8.23. The normalized spacial score (nSPS) is 12.4. The van der Waals surface area contributed by atoms with Crippen molar-refractivity contribution in [1.82, 2.24) is 9.78 Å². The summed E-state index contributed by atoms with van der Waals surface area (Å²) in [6.45, 7) is 6.66. The van der Waals surface area contributed by atoms with Gasteiger partial charge < -0.3 is 10.5 Å². The molecule has 1 aromatic carbocycles. The minimum atomic E-state index is 0.0481. The van der Waals surface area contributed by atoms with Gasteiger partial charge in [-0.15, -0.1) is 0 Å². The Morgan fingerprint density at radius 1 is 1.35 bits per heavy atom. The molecular formula is C16H23N3O. The Hall–Kier alpha value is -1.81. The third-order valence-electron chi connectivity index (χ3n) is 3.49. The van der Waals surface area contributed by atoms with Gasteiger partial charge in [0.1, 0.15) is 12.4 Å². The fraction of sp³-hybridized carbons (Fsp3) is 0.438. The van der Waals surface area contributed by atoms with Crippen molar-refractivity contribution in [1.29, 1.82) is 0 Å². The van der Waals surface area contributed by atoms with E-state index in [-0.39, 0.29) is 6.04 Å². The highest BCUT2D eigenvalue weighted by Gasteiger charge is 2.07. The van der Waals surface area contributed by atoms with Gasteiger partial charge in [-0.25, -0.2) is 0 Å². The molecule has 0 bridgehead atoms. The number of hydrogen-bond acceptors (Lipinski definition) is 3. The number of hydrogen-bond donors (Lipinski definition) is 1. The molecule has 0 saturated heterocycles. The van der Waals surface area contributed by atoms with Crippen LogP contribution in [0.15, 0.2) is 24.3 Å². The Morgan fingerprint density at radius 3 is 2.65 bits per heavy atom. The van der Waals surface area contributed by atoms with Crippen LogP contribution in [-0.2, 0) is 20.1 Å². The lowest BCUT2D eigenvalue weighted by Crippen LogP contribution is -2.06. The number of nitrogens with two attached hydrogens (primary N) is 1. The molecule has 2 rings (SSSR count). The maximum atomic E-state index is 5.89. The molecule has 0 aliphatic heterocycles. The first-order chi connectivity index (χ1) is 9.51. The van der Waals surface area contributed by atoms with Gasteiger partial charge in [-0.2, -0.15) is 5.10 Å². The molecule has 4 heteroatoms. The summed E-state index contributed by atoms with van der Waals surface area (Å²) < 4.78 is 7.77. The molecule has 0 spiro atoms. The summed E-state index contributed by atoms with van der Waals surface area (Å²) in [7, 11) is 1.95. The van der Waals surface area contributed by atoms with Gasteiger partial charge in [0.25, 0.3) is 0 Å². The third kappa shape index (κ3) is 3.20. The Kier molecular flexibility index (Phi) is 4.45. The van der Waals surface area contributed by atoms with E-state index < -0.39 is 0 Å². The van der Waals surface area contributed by atoms with Gasteiger partial charge >= 0.3 is 0 Å². The van der Waals surface area contributed by atoms with E-state index in [2.05, 4.69) is 24.2 Å². The summed E-state index contributed by atoms with van der Waals surface area (Å²) in [5.41, 5.74) is 10.3. The van der Waals surface area contributed by atoms with Crippen LogP contribution in [0.1, 0.15) is 42.4 Å².